The molecule has 0 radical (unpaired) electrons. The van der Waals surface area contributed by atoms with Gasteiger partial charge in [0.25, 0.3) is 0 Å². The number of rotatable bonds is 17. The van der Waals surface area contributed by atoms with Crippen LogP contribution in [0.25, 0.3) is 0 Å². The van der Waals surface area contributed by atoms with Crippen LogP contribution >= 0.6 is 0 Å². The van der Waals surface area contributed by atoms with E-state index in [4.69, 9.17) is 37.3 Å². The Morgan fingerprint density at radius 3 is 1.86 bits per heavy atom. The van der Waals surface area contributed by atoms with Gasteiger partial charge in [0.05, 0.1) is 13.2 Å². The molecule has 1 heterocycles. The van der Waals surface area contributed by atoms with Crippen LogP contribution in [0.15, 0.2) is 0 Å². The molecular weight excluding hydrogens is 398 g/mol. The van der Waals surface area contributed by atoms with Gasteiger partial charge in [-0.2, -0.15) is 0 Å². The maximum Gasteiger partial charge on any atom is 0.500 e. The van der Waals surface area contributed by atoms with Crippen LogP contribution < -0.4 is 5.73 Å². The Morgan fingerprint density at radius 2 is 1.46 bits per heavy atom. The molecule has 0 spiro atoms. The van der Waals surface area contributed by atoms with Crippen molar-refractivity contribution >= 4 is 17.4 Å². The lowest BCUT2D eigenvalue weighted by Crippen LogP contribution is -2.46. The molecule has 0 amide bonds. The van der Waals surface area contributed by atoms with Crippen molar-refractivity contribution in [3.05, 3.63) is 0 Å². The summed E-state index contributed by atoms with van der Waals surface area (Å²) in [6, 6.07) is 1.80. The van der Waals surface area contributed by atoms with Crippen molar-refractivity contribution in [1.29, 1.82) is 0 Å². The second-order valence-corrected chi connectivity index (χ2v) is 12.9. The number of ether oxygens (including phenoxy) is 2. The molecule has 0 bridgehead atoms. The third kappa shape index (κ3) is 13.4. The fourth-order valence-corrected chi connectivity index (χ4v) is 6.48. The fraction of sp³-hybridized carbons (Fsp3) is 1.00. The predicted octanol–water partition coefficient (Wildman–Crippen LogP) is 2.54. The maximum absolute atomic E-state index is 5.65. The molecule has 10 heteroatoms. The van der Waals surface area contributed by atoms with Crippen LogP contribution in [0, 0.1) is 0 Å². The average molecular weight is 442 g/mol. The minimum Gasteiger partial charge on any atom is -0.398 e. The van der Waals surface area contributed by atoms with E-state index in [9.17, 15) is 0 Å². The Morgan fingerprint density at radius 1 is 0.929 bits per heavy atom. The van der Waals surface area contributed by atoms with Crippen LogP contribution in [-0.4, -0.2) is 83.9 Å². The molecule has 0 saturated carbocycles. The van der Waals surface area contributed by atoms with E-state index in [-0.39, 0.29) is 0 Å². The van der Waals surface area contributed by atoms with Crippen molar-refractivity contribution < 1.29 is 31.6 Å². The van der Waals surface area contributed by atoms with Crippen molar-refractivity contribution in [1.82, 2.24) is 0 Å². The summed E-state index contributed by atoms with van der Waals surface area (Å²) in [6.45, 7) is 12.9. The van der Waals surface area contributed by atoms with Crippen molar-refractivity contribution in [3.8, 4) is 0 Å². The second kappa shape index (κ2) is 16.9. The summed E-state index contributed by atoms with van der Waals surface area (Å²) in [6.07, 6.45) is 2.26. The summed E-state index contributed by atoms with van der Waals surface area (Å²) in [4.78, 5) is 0. The van der Waals surface area contributed by atoms with Gasteiger partial charge in [-0.3, -0.25) is 0 Å². The van der Waals surface area contributed by atoms with E-state index in [0.29, 0.717) is 32.5 Å². The van der Waals surface area contributed by atoms with Gasteiger partial charge in [0.1, 0.15) is 6.10 Å². The van der Waals surface area contributed by atoms with E-state index >= 15 is 0 Å². The van der Waals surface area contributed by atoms with Gasteiger partial charge in [0, 0.05) is 46.7 Å². The molecule has 1 aliphatic heterocycles. The largest absolute Gasteiger partial charge is 0.500 e. The Bertz CT molecular complexity index is 342. The minimum absolute atomic E-state index is 0.364. The molecule has 1 unspecified atom stereocenters. The Labute approximate surface area is 173 Å². The van der Waals surface area contributed by atoms with Crippen LogP contribution in [0.2, 0.25) is 18.6 Å². The van der Waals surface area contributed by atoms with Gasteiger partial charge in [-0.05, 0) is 52.7 Å². The standard InChI is InChI=1S/C9H23NO3Si.C9H20O4Si/c1-4-11-14(12-5-2,13-6-3)9-7-8-10;1-10-14(3,11-2)6-4-5-12-7-9-8-13-9/h4-10H2,1-3H3;9H,4-8H2,1-3H3. The summed E-state index contributed by atoms with van der Waals surface area (Å²) in [7, 11) is -0.833. The number of nitrogens with two attached hydrogens (primary N) is 1. The first-order valence-corrected chi connectivity index (χ1v) is 14.8. The zero-order valence-corrected chi connectivity index (χ0v) is 20.8. The fourth-order valence-electron chi connectivity index (χ4n) is 2.48. The normalized spacial score (nSPS) is 16.6. The first-order chi connectivity index (χ1) is 13.4. The summed E-state index contributed by atoms with van der Waals surface area (Å²) in [5, 5.41) is 0. The SMILES string of the molecule is CCO[Si](CCCN)(OCC)OCC.CO[Si](C)(CCCOCC1CO1)OC. The molecule has 28 heavy (non-hydrogen) atoms. The van der Waals surface area contributed by atoms with Gasteiger partial charge < -0.3 is 37.3 Å². The highest BCUT2D eigenvalue weighted by atomic mass is 28.4. The highest BCUT2D eigenvalue weighted by Crippen LogP contribution is 2.17. The van der Waals surface area contributed by atoms with Crippen LogP contribution in [0.5, 0.6) is 0 Å². The zero-order valence-electron chi connectivity index (χ0n) is 18.8. The molecule has 0 aromatic heterocycles. The molecular formula is C18H43NO7Si2. The minimum atomic E-state index is -2.40. The highest BCUT2D eigenvalue weighted by molar-refractivity contribution is 6.65. The molecule has 170 valence electrons. The lowest BCUT2D eigenvalue weighted by Gasteiger charge is -2.28. The van der Waals surface area contributed by atoms with Crippen LogP contribution in [0.1, 0.15) is 33.6 Å². The first kappa shape index (κ1) is 28.1. The van der Waals surface area contributed by atoms with Gasteiger partial charge in [0.15, 0.2) is 0 Å². The smallest absolute Gasteiger partial charge is 0.398 e. The summed E-state index contributed by atoms with van der Waals surface area (Å²) >= 11 is 0. The maximum atomic E-state index is 5.65. The van der Waals surface area contributed by atoms with E-state index in [1.807, 2.05) is 20.8 Å². The zero-order chi connectivity index (χ0) is 21.3. The van der Waals surface area contributed by atoms with Crippen LogP contribution in [-0.2, 0) is 31.6 Å². The van der Waals surface area contributed by atoms with Gasteiger partial charge in [-0.1, -0.05) is 0 Å². The lowest BCUT2D eigenvalue weighted by atomic mass is 10.5. The van der Waals surface area contributed by atoms with Gasteiger partial charge in [0.2, 0.25) is 0 Å². The monoisotopic (exact) mass is 441 g/mol. The predicted molar refractivity (Wildman–Crippen MR) is 115 cm³/mol. The molecule has 8 nitrogen and oxygen atoms in total. The van der Waals surface area contributed by atoms with Crippen LogP contribution in [0.3, 0.4) is 0 Å². The molecule has 0 aliphatic carbocycles. The van der Waals surface area contributed by atoms with Crippen molar-refractivity contribution in [2.24, 2.45) is 5.73 Å². The Hall–Kier alpha value is 0.114. The summed E-state index contributed by atoms with van der Waals surface area (Å²) in [5.41, 5.74) is 5.48. The van der Waals surface area contributed by atoms with Gasteiger partial charge >= 0.3 is 17.4 Å². The summed E-state index contributed by atoms with van der Waals surface area (Å²) < 4.78 is 38.1. The third-order valence-electron chi connectivity index (χ3n) is 4.27. The average Bonchev–Trinajstić information content (AvgIpc) is 3.51. The first-order valence-electron chi connectivity index (χ1n) is 10.4. The van der Waals surface area contributed by atoms with E-state index in [2.05, 4.69) is 6.55 Å². The lowest BCUT2D eigenvalue weighted by molar-refractivity contribution is 0.0710. The van der Waals surface area contributed by atoms with E-state index < -0.39 is 17.4 Å². The van der Waals surface area contributed by atoms with E-state index in [1.165, 1.54) is 0 Å². The third-order valence-corrected chi connectivity index (χ3v) is 10.4. The van der Waals surface area contributed by atoms with Crippen molar-refractivity contribution in [2.75, 3.05) is 60.4 Å². The second-order valence-electron chi connectivity index (χ2n) is 6.55. The van der Waals surface area contributed by atoms with Crippen molar-refractivity contribution in [3.63, 3.8) is 0 Å². The number of epoxide rings is 1. The Kier molecular flexibility index (Phi) is 16.9. The van der Waals surface area contributed by atoms with Crippen LogP contribution in [0.4, 0.5) is 0 Å². The molecule has 1 rings (SSSR count). The molecule has 0 aromatic rings. The number of hydrogen-bond donors (Lipinski definition) is 1. The molecule has 0 aromatic carbocycles. The van der Waals surface area contributed by atoms with E-state index in [0.717, 1.165) is 44.8 Å². The molecule has 2 N–H and O–H groups in total. The summed E-state index contributed by atoms with van der Waals surface area (Å²) in [5.74, 6) is 0. The van der Waals surface area contributed by atoms with Gasteiger partial charge in [-0.15, -0.1) is 0 Å². The highest BCUT2D eigenvalue weighted by Gasteiger charge is 2.39. The quantitative estimate of drug-likeness (QED) is 0.209. The van der Waals surface area contributed by atoms with E-state index in [1.54, 1.807) is 14.2 Å². The molecule has 1 aliphatic rings. The molecule has 1 atom stereocenters. The van der Waals surface area contributed by atoms with Crippen molar-refractivity contribution in [2.45, 2.75) is 58.4 Å². The molecule has 1 fully saturated rings. The number of hydrogen-bond acceptors (Lipinski definition) is 8. The van der Waals surface area contributed by atoms with Gasteiger partial charge in [-0.25, -0.2) is 0 Å². The topological polar surface area (TPSA) is 93.9 Å². The molecule has 1 saturated heterocycles. The Balaban J connectivity index is 0.000000521.